The molecule has 2 aliphatic carbocycles. The summed E-state index contributed by atoms with van der Waals surface area (Å²) in [6.07, 6.45) is -0.265. The van der Waals surface area contributed by atoms with Crippen LogP contribution in [0, 0.1) is 17.8 Å². The van der Waals surface area contributed by atoms with E-state index >= 15 is 0 Å². The third-order valence-electron chi connectivity index (χ3n) is 3.67. The van der Waals surface area contributed by atoms with Gasteiger partial charge >= 0.3 is 12.1 Å². The Morgan fingerprint density at radius 1 is 1.27 bits per heavy atom. The van der Waals surface area contributed by atoms with Gasteiger partial charge in [0.15, 0.2) is 0 Å². The SMILES string of the molecule is O=C(NCC1CC2CCC1C2)C(F)(F)F. The van der Waals surface area contributed by atoms with Crippen LogP contribution in [0.2, 0.25) is 0 Å². The molecule has 2 aliphatic rings. The monoisotopic (exact) mass is 221 g/mol. The lowest BCUT2D eigenvalue weighted by molar-refractivity contribution is -0.173. The Morgan fingerprint density at radius 2 is 2.00 bits per heavy atom. The second-order valence-electron chi connectivity index (χ2n) is 4.64. The van der Waals surface area contributed by atoms with E-state index in [9.17, 15) is 18.0 Å². The zero-order chi connectivity index (χ0) is 11.1. The Labute approximate surface area is 86.2 Å². The zero-order valence-electron chi connectivity index (χ0n) is 8.31. The summed E-state index contributed by atoms with van der Waals surface area (Å²) in [4.78, 5) is 10.6. The number of rotatable bonds is 2. The number of amides is 1. The van der Waals surface area contributed by atoms with Crippen LogP contribution in [0.25, 0.3) is 0 Å². The summed E-state index contributed by atoms with van der Waals surface area (Å²) < 4.78 is 35.7. The van der Waals surface area contributed by atoms with Crippen LogP contribution in [-0.4, -0.2) is 18.6 Å². The van der Waals surface area contributed by atoms with Gasteiger partial charge in [0, 0.05) is 6.54 Å². The van der Waals surface area contributed by atoms with Gasteiger partial charge in [-0.25, -0.2) is 0 Å². The van der Waals surface area contributed by atoms with Crippen LogP contribution < -0.4 is 5.32 Å². The molecule has 0 aliphatic heterocycles. The van der Waals surface area contributed by atoms with E-state index < -0.39 is 12.1 Å². The molecule has 0 spiro atoms. The van der Waals surface area contributed by atoms with E-state index in [0.29, 0.717) is 11.8 Å². The molecule has 15 heavy (non-hydrogen) atoms. The van der Waals surface area contributed by atoms with Crippen molar-refractivity contribution in [1.82, 2.24) is 5.32 Å². The molecular formula is C10H14F3NO. The number of hydrogen-bond acceptors (Lipinski definition) is 1. The maximum atomic E-state index is 11.9. The van der Waals surface area contributed by atoms with Crippen LogP contribution in [0.4, 0.5) is 13.2 Å². The Morgan fingerprint density at radius 3 is 2.47 bits per heavy atom. The fraction of sp³-hybridized carbons (Fsp3) is 0.900. The first kappa shape index (κ1) is 10.8. The molecule has 2 fully saturated rings. The number of alkyl halides is 3. The van der Waals surface area contributed by atoms with Gasteiger partial charge in [-0.05, 0) is 37.0 Å². The van der Waals surface area contributed by atoms with Crippen molar-refractivity contribution >= 4 is 5.91 Å². The highest BCUT2D eigenvalue weighted by Crippen LogP contribution is 2.47. The van der Waals surface area contributed by atoms with Crippen molar-refractivity contribution in [3.8, 4) is 0 Å². The molecular weight excluding hydrogens is 207 g/mol. The minimum absolute atomic E-state index is 0.194. The first-order valence-electron chi connectivity index (χ1n) is 5.32. The van der Waals surface area contributed by atoms with Crippen molar-refractivity contribution in [2.45, 2.75) is 31.9 Å². The van der Waals surface area contributed by atoms with Gasteiger partial charge in [0.25, 0.3) is 0 Å². The third kappa shape index (κ3) is 2.26. The van der Waals surface area contributed by atoms with Gasteiger partial charge < -0.3 is 5.32 Å². The lowest BCUT2D eigenvalue weighted by Crippen LogP contribution is -2.40. The molecule has 3 unspecified atom stereocenters. The summed E-state index contributed by atoms with van der Waals surface area (Å²) >= 11 is 0. The molecule has 2 nitrogen and oxygen atoms in total. The topological polar surface area (TPSA) is 29.1 Å². The molecule has 3 atom stereocenters. The molecule has 5 heteroatoms. The highest BCUT2D eigenvalue weighted by Gasteiger charge is 2.42. The van der Waals surface area contributed by atoms with Gasteiger partial charge in [0.05, 0.1) is 0 Å². The van der Waals surface area contributed by atoms with Crippen LogP contribution in [0.1, 0.15) is 25.7 Å². The van der Waals surface area contributed by atoms with E-state index in [1.54, 1.807) is 0 Å². The third-order valence-corrected chi connectivity index (χ3v) is 3.67. The molecule has 0 aromatic heterocycles. The first-order valence-corrected chi connectivity index (χ1v) is 5.32. The lowest BCUT2D eigenvalue weighted by atomic mass is 9.89. The molecule has 2 saturated carbocycles. The summed E-state index contributed by atoms with van der Waals surface area (Å²) in [7, 11) is 0. The molecule has 2 bridgehead atoms. The van der Waals surface area contributed by atoms with Crippen LogP contribution in [0.15, 0.2) is 0 Å². The van der Waals surface area contributed by atoms with E-state index in [0.717, 1.165) is 19.3 Å². The fourth-order valence-electron chi connectivity index (χ4n) is 2.95. The van der Waals surface area contributed by atoms with Crippen LogP contribution >= 0.6 is 0 Å². The van der Waals surface area contributed by atoms with Gasteiger partial charge in [-0.15, -0.1) is 0 Å². The standard InChI is InChI=1S/C10H14F3NO/c11-10(12,13)9(15)14-5-8-4-6-1-2-7(8)3-6/h6-8H,1-5H2,(H,14,15). The Hall–Kier alpha value is -0.740. The van der Waals surface area contributed by atoms with Crippen molar-refractivity contribution in [2.24, 2.45) is 17.8 Å². The number of carbonyl (C=O) groups is 1. The molecule has 0 aromatic carbocycles. The van der Waals surface area contributed by atoms with E-state index in [-0.39, 0.29) is 12.5 Å². The summed E-state index contributed by atoms with van der Waals surface area (Å²) in [5.74, 6) is -0.286. The van der Waals surface area contributed by atoms with E-state index in [4.69, 9.17) is 0 Å². The minimum atomic E-state index is -4.74. The number of hydrogen-bond donors (Lipinski definition) is 1. The molecule has 0 heterocycles. The van der Waals surface area contributed by atoms with Gasteiger partial charge in [-0.1, -0.05) is 6.42 Å². The first-order chi connectivity index (χ1) is 6.97. The van der Waals surface area contributed by atoms with Gasteiger partial charge in [0.2, 0.25) is 0 Å². The van der Waals surface area contributed by atoms with E-state index in [2.05, 4.69) is 0 Å². The number of carbonyl (C=O) groups excluding carboxylic acids is 1. The molecule has 2 rings (SSSR count). The quantitative estimate of drug-likeness (QED) is 0.760. The fourth-order valence-corrected chi connectivity index (χ4v) is 2.95. The second-order valence-corrected chi connectivity index (χ2v) is 4.64. The largest absolute Gasteiger partial charge is 0.471 e. The molecule has 0 saturated heterocycles. The zero-order valence-corrected chi connectivity index (χ0v) is 8.31. The highest BCUT2D eigenvalue weighted by molar-refractivity contribution is 5.81. The normalized spacial score (nSPS) is 34.5. The highest BCUT2D eigenvalue weighted by atomic mass is 19.4. The number of nitrogens with one attached hydrogen (secondary N) is 1. The predicted octanol–water partition coefficient (Wildman–Crippen LogP) is 2.10. The summed E-state index contributed by atoms with van der Waals surface area (Å²) in [5, 5.41) is 1.99. The maximum Gasteiger partial charge on any atom is 0.471 e. The average Bonchev–Trinajstić information content (AvgIpc) is 2.73. The Balaban J connectivity index is 1.77. The smallest absolute Gasteiger partial charge is 0.348 e. The summed E-state index contributed by atoms with van der Waals surface area (Å²) in [6.45, 7) is 0.194. The van der Waals surface area contributed by atoms with Crippen LogP contribution in [-0.2, 0) is 4.79 Å². The van der Waals surface area contributed by atoms with Crippen LogP contribution in [0.3, 0.4) is 0 Å². The number of halogens is 3. The van der Waals surface area contributed by atoms with Crippen molar-refractivity contribution < 1.29 is 18.0 Å². The molecule has 0 aromatic rings. The Bertz CT molecular complexity index is 264. The van der Waals surface area contributed by atoms with E-state index in [1.807, 2.05) is 5.32 Å². The van der Waals surface area contributed by atoms with Crippen molar-refractivity contribution in [1.29, 1.82) is 0 Å². The van der Waals surface area contributed by atoms with Gasteiger partial charge in [0.1, 0.15) is 0 Å². The lowest BCUT2D eigenvalue weighted by Gasteiger charge is -2.22. The predicted molar refractivity (Wildman–Crippen MR) is 48.0 cm³/mol. The van der Waals surface area contributed by atoms with Crippen LogP contribution in [0.5, 0.6) is 0 Å². The molecule has 86 valence electrons. The number of fused-ring (bicyclic) bond motifs is 2. The summed E-state index contributed by atoms with van der Waals surface area (Å²) in [6, 6.07) is 0. The van der Waals surface area contributed by atoms with Gasteiger partial charge in [-0.3, -0.25) is 4.79 Å². The molecule has 1 amide bonds. The summed E-state index contributed by atoms with van der Waals surface area (Å²) in [5.41, 5.74) is 0. The molecule has 1 N–H and O–H groups in total. The Kier molecular flexibility index (Phi) is 2.64. The van der Waals surface area contributed by atoms with E-state index in [1.165, 1.54) is 6.42 Å². The minimum Gasteiger partial charge on any atom is -0.348 e. The average molecular weight is 221 g/mol. The van der Waals surface area contributed by atoms with Crippen molar-refractivity contribution in [3.05, 3.63) is 0 Å². The van der Waals surface area contributed by atoms with Crippen molar-refractivity contribution in [3.63, 3.8) is 0 Å². The molecule has 0 radical (unpaired) electrons. The van der Waals surface area contributed by atoms with Crippen molar-refractivity contribution in [2.75, 3.05) is 6.54 Å². The maximum absolute atomic E-state index is 11.9. The second kappa shape index (κ2) is 3.68. The van der Waals surface area contributed by atoms with Gasteiger partial charge in [-0.2, -0.15) is 13.2 Å².